The van der Waals surface area contributed by atoms with Gasteiger partial charge in [-0.2, -0.15) is 5.10 Å². The van der Waals surface area contributed by atoms with E-state index in [9.17, 15) is 9.59 Å². The van der Waals surface area contributed by atoms with Crippen molar-refractivity contribution in [1.29, 1.82) is 0 Å². The van der Waals surface area contributed by atoms with E-state index in [2.05, 4.69) is 5.10 Å². The largest absolute Gasteiger partial charge is 0.466 e. The maximum absolute atomic E-state index is 12.2. The Morgan fingerprint density at radius 1 is 1.52 bits per heavy atom. The third-order valence-electron chi connectivity index (χ3n) is 3.61. The van der Waals surface area contributed by atoms with E-state index in [1.54, 1.807) is 28.8 Å². The topological polar surface area (TPSA) is 64.4 Å². The summed E-state index contributed by atoms with van der Waals surface area (Å²) in [5.74, 6) is -0.483. The van der Waals surface area contributed by atoms with Crippen LogP contribution in [0.15, 0.2) is 18.3 Å². The predicted octanol–water partition coefficient (Wildman–Crippen LogP) is 1.23. The average Bonchev–Trinajstić information content (AvgIpc) is 2.90. The van der Waals surface area contributed by atoms with Crippen LogP contribution in [0.3, 0.4) is 0 Å². The minimum Gasteiger partial charge on any atom is -0.466 e. The summed E-state index contributed by atoms with van der Waals surface area (Å²) in [5.41, 5.74) is 0.863. The second kappa shape index (κ2) is 7.06. The van der Waals surface area contributed by atoms with Crippen LogP contribution in [0.5, 0.6) is 0 Å². The molecule has 0 radical (unpaired) electrons. The van der Waals surface area contributed by atoms with Crippen LogP contribution < -0.4 is 0 Å². The molecule has 1 fully saturated rings. The number of rotatable bonds is 4. The fraction of sp³-hybridized carbons (Fsp3) is 0.533. The van der Waals surface area contributed by atoms with Crippen LogP contribution in [0.2, 0.25) is 0 Å². The van der Waals surface area contributed by atoms with Crippen molar-refractivity contribution in [2.75, 3.05) is 19.7 Å². The summed E-state index contributed by atoms with van der Waals surface area (Å²) in [5, 5.41) is 4.04. The lowest BCUT2D eigenvalue weighted by atomic mass is 9.98. The monoisotopic (exact) mass is 291 g/mol. The summed E-state index contributed by atoms with van der Waals surface area (Å²) in [6.45, 7) is 3.29. The third-order valence-corrected chi connectivity index (χ3v) is 3.61. The summed E-state index contributed by atoms with van der Waals surface area (Å²) < 4.78 is 6.73. The number of hydrogen-bond acceptors (Lipinski definition) is 4. The van der Waals surface area contributed by atoms with Crippen molar-refractivity contribution < 1.29 is 14.3 Å². The number of aryl methyl sites for hydroxylation is 1. The van der Waals surface area contributed by atoms with Gasteiger partial charge in [0, 0.05) is 32.4 Å². The van der Waals surface area contributed by atoms with Gasteiger partial charge < -0.3 is 9.64 Å². The quantitative estimate of drug-likeness (QED) is 0.618. The molecule has 0 aliphatic carbocycles. The van der Waals surface area contributed by atoms with Gasteiger partial charge in [0.1, 0.15) is 0 Å². The van der Waals surface area contributed by atoms with Gasteiger partial charge in [0.2, 0.25) is 5.91 Å². The van der Waals surface area contributed by atoms with Crippen molar-refractivity contribution in [2.24, 2.45) is 13.0 Å². The maximum atomic E-state index is 12.2. The third kappa shape index (κ3) is 3.93. The highest BCUT2D eigenvalue weighted by molar-refractivity contribution is 5.92. The zero-order valence-electron chi connectivity index (χ0n) is 12.5. The van der Waals surface area contributed by atoms with Gasteiger partial charge in [0.05, 0.1) is 18.2 Å². The van der Waals surface area contributed by atoms with Gasteiger partial charge >= 0.3 is 5.97 Å². The molecule has 0 unspecified atom stereocenters. The molecule has 114 valence electrons. The van der Waals surface area contributed by atoms with Crippen LogP contribution in [-0.4, -0.2) is 46.3 Å². The molecule has 1 aromatic rings. The molecular formula is C15H21N3O3. The van der Waals surface area contributed by atoms with E-state index < -0.39 is 0 Å². The van der Waals surface area contributed by atoms with E-state index in [1.165, 1.54) is 6.08 Å². The van der Waals surface area contributed by atoms with Gasteiger partial charge in [0.15, 0.2) is 0 Å². The summed E-state index contributed by atoms with van der Waals surface area (Å²) in [6, 6.07) is 1.83. The smallest absolute Gasteiger partial charge is 0.310 e. The molecule has 2 rings (SSSR count). The van der Waals surface area contributed by atoms with Crippen LogP contribution >= 0.6 is 0 Å². The normalized spacial score (nSPS) is 19.0. The number of aromatic nitrogens is 2. The van der Waals surface area contributed by atoms with E-state index in [1.807, 2.05) is 13.1 Å². The SMILES string of the molecule is CCOC(=O)[C@H]1CCCN(C(=O)/C=C/c2ccnn2C)C1. The molecule has 1 aliphatic rings. The van der Waals surface area contributed by atoms with Gasteiger partial charge in [0.25, 0.3) is 0 Å². The fourth-order valence-electron chi connectivity index (χ4n) is 2.44. The van der Waals surface area contributed by atoms with Crippen molar-refractivity contribution in [1.82, 2.24) is 14.7 Å². The van der Waals surface area contributed by atoms with Gasteiger partial charge in [-0.15, -0.1) is 0 Å². The molecule has 1 aliphatic heterocycles. The number of ether oxygens (including phenoxy) is 1. The number of likely N-dealkylation sites (tertiary alicyclic amines) is 1. The highest BCUT2D eigenvalue weighted by atomic mass is 16.5. The highest BCUT2D eigenvalue weighted by Gasteiger charge is 2.28. The molecular weight excluding hydrogens is 270 g/mol. The molecule has 1 amide bonds. The minimum absolute atomic E-state index is 0.0785. The average molecular weight is 291 g/mol. The van der Waals surface area contributed by atoms with Crippen molar-refractivity contribution in [2.45, 2.75) is 19.8 Å². The number of carbonyl (C=O) groups is 2. The maximum Gasteiger partial charge on any atom is 0.310 e. The first-order valence-electron chi connectivity index (χ1n) is 7.23. The second-order valence-corrected chi connectivity index (χ2v) is 5.09. The molecule has 0 aromatic carbocycles. The fourth-order valence-corrected chi connectivity index (χ4v) is 2.44. The molecule has 1 aromatic heterocycles. The van der Waals surface area contributed by atoms with Crippen LogP contribution in [0.25, 0.3) is 6.08 Å². The molecule has 21 heavy (non-hydrogen) atoms. The Bertz CT molecular complexity index is 536. The van der Waals surface area contributed by atoms with Crippen LogP contribution in [0.4, 0.5) is 0 Å². The van der Waals surface area contributed by atoms with Gasteiger partial charge in [-0.05, 0) is 31.9 Å². The first-order chi connectivity index (χ1) is 10.1. The predicted molar refractivity (Wildman–Crippen MR) is 78.2 cm³/mol. The molecule has 1 atom stereocenters. The van der Waals surface area contributed by atoms with E-state index in [0.29, 0.717) is 19.7 Å². The van der Waals surface area contributed by atoms with E-state index in [0.717, 1.165) is 18.5 Å². The van der Waals surface area contributed by atoms with Crippen LogP contribution in [0.1, 0.15) is 25.5 Å². The van der Waals surface area contributed by atoms with Crippen LogP contribution in [-0.2, 0) is 21.4 Å². The van der Waals surface area contributed by atoms with Gasteiger partial charge in [-0.3, -0.25) is 14.3 Å². The Balaban J connectivity index is 1.94. The number of hydrogen-bond donors (Lipinski definition) is 0. The Kier molecular flexibility index (Phi) is 5.14. The lowest BCUT2D eigenvalue weighted by Crippen LogP contribution is -2.42. The summed E-state index contributed by atoms with van der Waals surface area (Å²) in [6.07, 6.45) is 6.57. The number of carbonyl (C=O) groups excluding carboxylic acids is 2. The Morgan fingerprint density at radius 3 is 3.00 bits per heavy atom. The summed E-state index contributed by atoms with van der Waals surface area (Å²) in [7, 11) is 1.82. The molecule has 6 nitrogen and oxygen atoms in total. The Hall–Kier alpha value is -2.11. The zero-order chi connectivity index (χ0) is 15.2. The molecule has 0 N–H and O–H groups in total. The van der Waals surface area contributed by atoms with E-state index in [4.69, 9.17) is 4.74 Å². The lowest BCUT2D eigenvalue weighted by Gasteiger charge is -2.30. The number of nitrogens with zero attached hydrogens (tertiary/aromatic N) is 3. The highest BCUT2D eigenvalue weighted by Crippen LogP contribution is 2.18. The molecule has 0 saturated carbocycles. The van der Waals surface area contributed by atoms with Gasteiger partial charge in [-0.1, -0.05) is 0 Å². The van der Waals surface area contributed by atoms with Crippen LogP contribution in [0, 0.1) is 5.92 Å². The summed E-state index contributed by atoms with van der Waals surface area (Å²) in [4.78, 5) is 25.7. The van der Waals surface area contributed by atoms with Crippen molar-refractivity contribution >= 4 is 18.0 Å². The number of esters is 1. The van der Waals surface area contributed by atoms with Gasteiger partial charge in [-0.25, -0.2) is 0 Å². The lowest BCUT2D eigenvalue weighted by molar-refractivity contribution is -0.150. The Morgan fingerprint density at radius 2 is 2.33 bits per heavy atom. The molecule has 2 heterocycles. The zero-order valence-corrected chi connectivity index (χ0v) is 12.5. The standard InChI is InChI=1S/C15H21N3O3/c1-3-21-15(20)12-5-4-10-18(11-12)14(19)7-6-13-8-9-16-17(13)2/h6-9,12H,3-5,10-11H2,1-2H3/b7-6+/t12-/m0/s1. The number of piperidine rings is 1. The van der Waals surface area contributed by atoms with Crippen molar-refractivity contribution in [3.63, 3.8) is 0 Å². The molecule has 1 saturated heterocycles. The van der Waals surface area contributed by atoms with E-state index in [-0.39, 0.29) is 17.8 Å². The second-order valence-electron chi connectivity index (χ2n) is 5.09. The molecule has 6 heteroatoms. The van der Waals surface area contributed by atoms with Crippen molar-refractivity contribution in [3.8, 4) is 0 Å². The first kappa shape index (κ1) is 15.3. The van der Waals surface area contributed by atoms with Crippen molar-refractivity contribution in [3.05, 3.63) is 24.0 Å². The minimum atomic E-state index is -0.203. The Labute approximate surface area is 124 Å². The first-order valence-corrected chi connectivity index (χ1v) is 7.23. The number of amides is 1. The molecule has 0 spiro atoms. The summed E-state index contributed by atoms with van der Waals surface area (Å²) >= 11 is 0. The molecule has 0 bridgehead atoms. The van der Waals surface area contributed by atoms with E-state index >= 15 is 0 Å².